The molecule has 3 nitrogen and oxygen atoms in total. The van der Waals surface area contributed by atoms with Crippen LogP contribution in [-0.4, -0.2) is 30.9 Å². The fraction of sp³-hybridized carbons (Fsp3) is 0.357. The van der Waals surface area contributed by atoms with E-state index in [1.165, 1.54) is 0 Å². The zero-order valence-corrected chi connectivity index (χ0v) is 11.6. The van der Waals surface area contributed by atoms with E-state index >= 15 is 0 Å². The number of rotatable bonds is 6. The van der Waals surface area contributed by atoms with Crippen LogP contribution in [0.4, 0.5) is 0 Å². The number of hydrogen-bond acceptors (Lipinski definition) is 2. The average Bonchev–Trinajstić information content (AvgIpc) is 2.37. The molecule has 0 saturated heterocycles. The van der Waals surface area contributed by atoms with Crippen molar-refractivity contribution in [3.8, 4) is 0 Å². The topological polar surface area (TPSA) is 32.3 Å². The van der Waals surface area contributed by atoms with Gasteiger partial charge in [-0.25, -0.2) is 0 Å². The first-order valence-electron chi connectivity index (χ1n) is 5.89. The summed E-state index contributed by atoms with van der Waals surface area (Å²) in [7, 11) is 1.80. The second-order valence-electron chi connectivity index (χ2n) is 4.16. The van der Waals surface area contributed by atoms with Crippen LogP contribution in [0.2, 0.25) is 5.02 Å². The Balaban J connectivity index is 2.62. The molecule has 0 bridgehead atoms. The lowest BCUT2D eigenvalue weighted by Crippen LogP contribution is -2.37. The van der Waals surface area contributed by atoms with E-state index in [-0.39, 0.29) is 11.9 Å². The molecular weight excluding hydrogens is 248 g/mol. The van der Waals surface area contributed by atoms with Crippen molar-refractivity contribution in [3.05, 3.63) is 47.5 Å². The van der Waals surface area contributed by atoms with Gasteiger partial charge in [0.05, 0.1) is 12.6 Å². The second-order valence-corrected chi connectivity index (χ2v) is 4.59. The number of amides is 1. The Morgan fingerprint density at radius 3 is 2.94 bits per heavy atom. The number of nitrogens with zero attached hydrogens (tertiary/aromatic N) is 1. The van der Waals surface area contributed by atoms with Crippen molar-refractivity contribution in [2.45, 2.75) is 13.0 Å². The summed E-state index contributed by atoms with van der Waals surface area (Å²) in [5.41, 5.74) is 1.03. The summed E-state index contributed by atoms with van der Waals surface area (Å²) in [5, 5.41) is 3.68. The van der Waals surface area contributed by atoms with Crippen LogP contribution in [0.15, 0.2) is 36.9 Å². The molecule has 1 atom stereocenters. The molecule has 0 aromatic heterocycles. The first-order valence-corrected chi connectivity index (χ1v) is 6.26. The van der Waals surface area contributed by atoms with Gasteiger partial charge in [-0.2, -0.15) is 0 Å². The molecule has 1 amide bonds. The molecule has 4 heteroatoms. The molecule has 0 fully saturated rings. The first kappa shape index (κ1) is 14.7. The number of hydrogen-bond donors (Lipinski definition) is 1. The third-order valence-electron chi connectivity index (χ3n) is 2.87. The van der Waals surface area contributed by atoms with Crippen LogP contribution < -0.4 is 5.32 Å². The van der Waals surface area contributed by atoms with E-state index in [4.69, 9.17) is 11.6 Å². The highest BCUT2D eigenvalue weighted by atomic mass is 35.5. The number of halogens is 1. The Morgan fingerprint density at radius 1 is 1.61 bits per heavy atom. The van der Waals surface area contributed by atoms with Crippen molar-refractivity contribution in [1.82, 2.24) is 10.2 Å². The minimum atomic E-state index is 0.00160. The predicted octanol–water partition coefficient (Wildman–Crippen LogP) is 2.64. The molecule has 0 radical (unpaired) electrons. The Kier molecular flexibility index (Phi) is 5.89. The van der Waals surface area contributed by atoms with Crippen molar-refractivity contribution >= 4 is 17.5 Å². The van der Waals surface area contributed by atoms with Crippen LogP contribution in [0.1, 0.15) is 18.5 Å². The number of nitrogens with one attached hydrogen (secondary N) is 1. The zero-order valence-electron chi connectivity index (χ0n) is 10.8. The minimum absolute atomic E-state index is 0.00160. The largest absolute Gasteiger partial charge is 0.338 e. The van der Waals surface area contributed by atoms with Gasteiger partial charge < -0.3 is 10.2 Å². The standard InChI is InChI=1S/C14H19ClN2O/c1-4-8-16-10-14(18)17(3)11(2)12-6-5-7-13(15)9-12/h4-7,9,11,16H,1,8,10H2,2-3H3. The highest BCUT2D eigenvalue weighted by Crippen LogP contribution is 2.21. The van der Waals surface area contributed by atoms with Crippen molar-refractivity contribution in [1.29, 1.82) is 0 Å². The van der Waals surface area contributed by atoms with E-state index in [1.807, 2.05) is 31.2 Å². The fourth-order valence-electron chi connectivity index (χ4n) is 1.61. The van der Waals surface area contributed by atoms with E-state index in [1.54, 1.807) is 18.0 Å². The van der Waals surface area contributed by atoms with Crippen LogP contribution in [0.3, 0.4) is 0 Å². The molecule has 1 aromatic carbocycles. The average molecular weight is 267 g/mol. The smallest absolute Gasteiger partial charge is 0.236 e. The Hall–Kier alpha value is -1.32. The maximum Gasteiger partial charge on any atom is 0.236 e. The first-order chi connectivity index (χ1) is 8.56. The van der Waals surface area contributed by atoms with Crippen molar-refractivity contribution < 1.29 is 4.79 Å². The van der Waals surface area contributed by atoms with Crippen molar-refractivity contribution in [2.24, 2.45) is 0 Å². The lowest BCUT2D eigenvalue weighted by atomic mass is 10.1. The highest BCUT2D eigenvalue weighted by Gasteiger charge is 2.16. The summed E-state index contributed by atoms with van der Waals surface area (Å²) in [5.74, 6) is 0.0457. The maximum absolute atomic E-state index is 11.9. The molecule has 1 N–H and O–H groups in total. The normalized spacial score (nSPS) is 11.9. The fourth-order valence-corrected chi connectivity index (χ4v) is 1.81. The van der Waals surface area contributed by atoms with Crippen LogP contribution in [0.5, 0.6) is 0 Å². The van der Waals surface area contributed by atoms with Crippen LogP contribution >= 0.6 is 11.6 Å². The third-order valence-corrected chi connectivity index (χ3v) is 3.11. The molecule has 0 spiro atoms. The molecule has 0 aliphatic carbocycles. The van der Waals surface area contributed by atoms with Gasteiger partial charge in [-0.1, -0.05) is 29.8 Å². The van der Waals surface area contributed by atoms with Gasteiger partial charge in [-0.05, 0) is 24.6 Å². The monoisotopic (exact) mass is 266 g/mol. The Bertz CT molecular complexity index is 420. The zero-order chi connectivity index (χ0) is 13.5. The van der Waals surface area contributed by atoms with Gasteiger partial charge in [0.15, 0.2) is 0 Å². The lowest BCUT2D eigenvalue weighted by molar-refractivity contribution is -0.130. The minimum Gasteiger partial charge on any atom is -0.338 e. The van der Waals surface area contributed by atoms with Crippen LogP contribution in [0.25, 0.3) is 0 Å². The summed E-state index contributed by atoms with van der Waals surface area (Å²) in [4.78, 5) is 13.6. The van der Waals surface area contributed by atoms with Crippen molar-refractivity contribution in [2.75, 3.05) is 20.1 Å². The van der Waals surface area contributed by atoms with Crippen LogP contribution in [-0.2, 0) is 4.79 Å². The van der Waals surface area contributed by atoms with Crippen molar-refractivity contribution in [3.63, 3.8) is 0 Å². The number of carbonyl (C=O) groups excluding carboxylic acids is 1. The van der Waals surface area contributed by atoms with E-state index in [2.05, 4.69) is 11.9 Å². The summed E-state index contributed by atoms with van der Waals surface area (Å²) in [6.07, 6.45) is 1.73. The molecule has 1 aromatic rings. The maximum atomic E-state index is 11.9. The van der Waals surface area contributed by atoms with Gasteiger partial charge in [0.2, 0.25) is 5.91 Å². The lowest BCUT2D eigenvalue weighted by Gasteiger charge is -2.25. The predicted molar refractivity (Wildman–Crippen MR) is 75.7 cm³/mol. The van der Waals surface area contributed by atoms with E-state index < -0.39 is 0 Å². The molecule has 0 heterocycles. The van der Waals surface area contributed by atoms with Gasteiger partial charge in [0.25, 0.3) is 0 Å². The summed E-state index contributed by atoms with van der Waals surface area (Å²) >= 11 is 5.95. The molecule has 0 saturated carbocycles. The number of benzene rings is 1. The number of likely N-dealkylation sites (N-methyl/N-ethyl adjacent to an activating group) is 1. The molecular formula is C14H19ClN2O. The Labute approximate surface area is 113 Å². The SMILES string of the molecule is C=CCNCC(=O)N(C)C(C)c1cccc(Cl)c1. The van der Waals surface area contributed by atoms with Gasteiger partial charge in [-0.15, -0.1) is 6.58 Å². The van der Waals surface area contributed by atoms with Crippen LogP contribution in [0, 0.1) is 0 Å². The second kappa shape index (κ2) is 7.19. The summed E-state index contributed by atoms with van der Waals surface area (Å²) < 4.78 is 0. The van der Waals surface area contributed by atoms with Gasteiger partial charge in [0, 0.05) is 18.6 Å². The molecule has 0 aliphatic heterocycles. The molecule has 18 heavy (non-hydrogen) atoms. The van der Waals surface area contributed by atoms with E-state index in [9.17, 15) is 4.79 Å². The Morgan fingerprint density at radius 2 is 2.33 bits per heavy atom. The van der Waals surface area contributed by atoms with Gasteiger partial charge in [0.1, 0.15) is 0 Å². The van der Waals surface area contributed by atoms with Gasteiger partial charge >= 0.3 is 0 Å². The quantitative estimate of drug-likeness (QED) is 0.634. The molecule has 1 unspecified atom stereocenters. The molecule has 1 rings (SSSR count). The highest BCUT2D eigenvalue weighted by molar-refractivity contribution is 6.30. The van der Waals surface area contributed by atoms with E-state index in [0.29, 0.717) is 18.1 Å². The third kappa shape index (κ3) is 4.17. The number of carbonyl (C=O) groups is 1. The molecule has 0 aliphatic rings. The van der Waals surface area contributed by atoms with Gasteiger partial charge in [-0.3, -0.25) is 4.79 Å². The van der Waals surface area contributed by atoms with E-state index in [0.717, 1.165) is 5.56 Å². The molecule has 98 valence electrons. The summed E-state index contributed by atoms with van der Waals surface area (Å²) in [6, 6.07) is 7.57. The summed E-state index contributed by atoms with van der Waals surface area (Å²) in [6.45, 7) is 6.52.